The molecule has 0 unspecified atom stereocenters. The zero-order valence-corrected chi connectivity index (χ0v) is 13.5. The monoisotopic (exact) mass is 306 g/mol. The van der Waals surface area contributed by atoms with Crippen LogP contribution in [-0.2, 0) is 16.1 Å². The van der Waals surface area contributed by atoms with Crippen molar-refractivity contribution in [1.82, 2.24) is 5.32 Å². The molecule has 1 fully saturated rings. The van der Waals surface area contributed by atoms with Crippen molar-refractivity contribution in [3.8, 4) is 5.75 Å². The second kappa shape index (κ2) is 7.61. The van der Waals surface area contributed by atoms with Gasteiger partial charge in [0.05, 0.1) is 12.1 Å². The van der Waals surface area contributed by atoms with Gasteiger partial charge < -0.3 is 20.5 Å². The van der Waals surface area contributed by atoms with Gasteiger partial charge in [0.25, 0.3) is 0 Å². The number of nitrogens with two attached hydrogens (primary N) is 1. The summed E-state index contributed by atoms with van der Waals surface area (Å²) in [5.41, 5.74) is 7.49. The molecule has 1 aliphatic rings. The first-order chi connectivity index (χ1) is 10.5. The van der Waals surface area contributed by atoms with Gasteiger partial charge in [0.1, 0.15) is 5.75 Å². The van der Waals surface area contributed by atoms with Crippen LogP contribution in [0, 0.1) is 6.92 Å². The first-order valence-electron chi connectivity index (χ1n) is 7.92. The average molecular weight is 306 g/mol. The fourth-order valence-corrected chi connectivity index (χ4v) is 2.47. The van der Waals surface area contributed by atoms with Crippen LogP contribution in [0.5, 0.6) is 5.75 Å². The topological polar surface area (TPSA) is 73.6 Å². The van der Waals surface area contributed by atoms with Crippen LogP contribution < -0.4 is 15.8 Å². The van der Waals surface area contributed by atoms with E-state index < -0.39 is 5.54 Å². The van der Waals surface area contributed by atoms with Gasteiger partial charge in [-0.15, -0.1) is 0 Å². The van der Waals surface area contributed by atoms with Gasteiger partial charge in [0, 0.05) is 25.3 Å². The second-order valence-corrected chi connectivity index (χ2v) is 5.91. The van der Waals surface area contributed by atoms with Crippen LogP contribution in [0.4, 0.5) is 0 Å². The summed E-state index contributed by atoms with van der Waals surface area (Å²) in [7, 11) is 0. The van der Waals surface area contributed by atoms with Crippen molar-refractivity contribution in [2.24, 2.45) is 5.73 Å². The fraction of sp³-hybridized carbons (Fsp3) is 0.588. The molecule has 3 N–H and O–H groups in total. The van der Waals surface area contributed by atoms with Gasteiger partial charge in [-0.25, -0.2) is 0 Å². The molecule has 0 radical (unpaired) electrons. The Balaban J connectivity index is 1.99. The molecular formula is C17H26N2O3. The van der Waals surface area contributed by atoms with E-state index in [1.807, 2.05) is 25.1 Å². The third-order valence-corrected chi connectivity index (χ3v) is 3.96. The van der Waals surface area contributed by atoms with E-state index in [1.165, 1.54) is 0 Å². The van der Waals surface area contributed by atoms with Gasteiger partial charge in [-0.2, -0.15) is 0 Å². The molecule has 122 valence electrons. The van der Waals surface area contributed by atoms with Crippen LogP contribution in [0.2, 0.25) is 0 Å². The number of aryl methyl sites for hydroxylation is 1. The molecule has 2 rings (SSSR count). The van der Waals surface area contributed by atoms with Crippen molar-refractivity contribution >= 4 is 5.91 Å². The summed E-state index contributed by atoms with van der Waals surface area (Å²) >= 11 is 0. The number of hydrogen-bond acceptors (Lipinski definition) is 4. The highest BCUT2D eigenvalue weighted by atomic mass is 16.5. The molecule has 0 aliphatic carbocycles. The molecule has 1 saturated heterocycles. The lowest BCUT2D eigenvalue weighted by Gasteiger charge is -2.31. The Labute approximate surface area is 132 Å². The molecule has 5 nitrogen and oxygen atoms in total. The fourth-order valence-electron chi connectivity index (χ4n) is 2.47. The highest BCUT2D eigenvalue weighted by Gasteiger charge is 2.35. The van der Waals surface area contributed by atoms with Crippen molar-refractivity contribution in [2.45, 2.75) is 45.2 Å². The van der Waals surface area contributed by atoms with E-state index in [4.69, 9.17) is 15.2 Å². The zero-order valence-electron chi connectivity index (χ0n) is 13.5. The summed E-state index contributed by atoms with van der Waals surface area (Å²) in [6.45, 7) is 6.28. The van der Waals surface area contributed by atoms with Crippen LogP contribution in [0.1, 0.15) is 37.3 Å². The summed E-state index contributed by atoms with van der Waals surface area (Å²) < 4.78 is 11.0. The predicted molar refractivity (Wildman–Crippen MR) is 85.8 cm³/mol. The number of amides is 1. The minimum Gasteiger partial charge on any atom is -0.493 e. The number of nitrogens with one attached hydrogen (secondary N) is 1. The summed E-state index contributed by atoms with van der Waals surface area (Å²) in [5, 5.41) is 2.95. The number of hydrogen-bond donors (Lipinski definition) is 2. The first-order valence-corrected chi connectivity index (χ1v) is 7.92. The summed E-state index contributed by atoms with van der Waals surface area (Å²) in [6.07, 6.45) is 2.07. The van der Waals surface area contributed by atoms with Gasteiger partial charge in [0.15, 0.2) is 0 Å². The van der Waals surface area contributed by atoms with E-state index >= 15 is 0 Å². The maximum atomic E-state index is 12.4. The van der Waals surface area contributed by atoms with Gasteiger partial charge in [0.2, 0.25) is 5.91 Å². The minimum atomic E-state index is -0.812. The Hall–Kier alpha value is -1.59. The quantitative estimate of drug-likeness (QED) is 0.842. The SMILES string of the molecule is CCCOc1cc(C)ccc1CNC(=O)C1(N)CCOCC1. The van der Waals surface area contributed by atoms with Crippen molar-refractivity contribution in [1.29, 1.82) is 0 Å². The van der Waals surface area contributed by atoms with Crippen LogP contribution in [-0.4, -0.2) is 31.3 Å². The minimum absolute atomic E-state index is 0.113. The van der Waals surface area contributed by atoms with Crippen molar-refractivity contribution in [3.63, 3.8) is 0 Å². The second-order valence-electron chi connectivity index (χ2n) is 5.91. The number of benzene rings is 1. The van der Waals surface area contributed by atoms with Crippen LogP contribution in [0.25, 0.3) is 0 Å². The predicted octanol–water partition coefficient (Wildman–Crippen LogP) is 1.91. The lowest BCUT2D eigenvalue weighted by atomic mass is 9.90. The van der Waals surface area contributed by atoms with E-state index in [2.05, 4.69) is 12.2 Å². The molecule has 0 atom stereocenters. The molecule has 1 heterocycles. The molecule has 5 heteroatoms. The number of carbonyl (C=O) groups is 1. The molecule has 0 saturated carbocycles. The highest BCUT2D eigenvalue weighted by molar-refractivity contribution is 5.86. The normalized spacial score (nSPS) is 17.0. The Morgan fingerprint density at radius 3 is 2.82 bits per heavy atom. The van der Waals surface area contributed by atoms with E-state index in [-0.39, 0.29) is 5.91 Å². The number of carbonyl (C=O) groups excluding carboxylic acids is 1. The van der Waals surface area contributed by atoms with Crippen molar-refractivity contribution in [3.05, 3.63) is 29.3 Å². The van der Waals surface area contributed by atoms with E-state index in [9.17, 15) is 4.79 Å². The first kappa shape index (κ1) is 16.8. The molecule has 1 aliphatic heterocycles. The third-order valence-electron chi connectivity index (χ3n) is 3.96. The Bertz CT molecular complexity index is 511. The highest BCUT2D eigenvalue weighted by Crippen LogP contribution is 2.22. The van der Waals surface area contributed by atoms with Gasteiger partial charge in [-0.1, -0.05) is 19.1 Å². The molecule has 1 aromatic rings. The van der Waals surface area contributed by atoms with Crippen LogP contribution in [0.15, 0.2) is 18.2 Å². The Kier molecular flexibility index (Phi) is 5.80. The van der Waals surface area contributed by atoms with Gasteiger partial charge in [-0.3, -0.25) is 4.79 Å². The largest absolute Gasteiger partial charge is 0.493 e. The Morgan fingerprint density at radius 2 is 2.14 bits per heavy atom. The maximum absolute atomic E-state index is 12.4. The summed E-state index contributed by atoms with van der Waals surface area (Å²) in [5.74, 6) is 0.720. The van der Waals surface area contributed by atoms with E-state index in [0.717, 1.165) is 23.3 Å². The third kappa shape index (κ3) is 4.21. The molecule has 0 spiro atoms. The summed E-state index contributed by atoms with van der Waals surface area (Å²) in [6, 6.07) is 6.02. The average Bonchev–Trinajstić information content (AvgIpc) is 2.52. The number of rotatable bonds is 6. The smallest absolute Gasteiger partial charge is 0.240 e. The zero-order chi connectivity index (χ0) is 16.0. The van der Waals surface area contributed by atoms with Crippen LogP contribution >= 0.6 is 0 Å². The van der Waals surface area contributed by atoms with Gasteiger partial charge >= 0.3 is 0 Å². The van der Waals surface area contributed by atoms with Crippen LogP contribution in [0.3, 0.4) is 0 Å². The lowest BCUT2D eigenvalue weighted by Crippen LogP contribution is -2.56. The van der Waals surface area contributed by atoms with Crippen molar-refractivity contribution in [2.75, 3.05) is 19.8 Å². The Morgan fingerprint density at radius 1 is 1.41 bits per heavy atom. The summed E-state index contributed by atoms with van der Waals surface area (Å²) in [4.78, 5) is 12.4. The van der Waals surface area contributed by atoms with Gasteiger partial charge in [-0.05, 0) is 37.8 Å². The molecule has 22 heavy (non-hydrogen) atoms. The number of ether oxygens (including phenoxy) is 2. The molecule has 0 aromatic heterocycles. The molecule has 0 bridgehead atoms. The molecule has 1 amide bonds. The van der Waals surface area contributed by atoms with E-state index in [1.54, 1.807) is 0 Å². The lowest BCUT2D eigenvalue weighted by molar-refractivity contribution is -0.129. The van der Waals surface area contributed by atoms with Crippen molar-refractivity contribution < 1.29 is 14.3 Å². The molecule has 1 aromatic carbocycles. The maximum Gasteiger partial charge on any atom is 0.240 e. The molecular weight excluding hydrogens is 280 g/mol. The standard InChI is InChI=1S/C17H26N2O3/c1-3-8-22-15-11-13(2)4-5-14(15)12-19-16(20)17(18)6-9-21-10-7-17/h4-5,11H,3,6-10,12,18H2,1-2H3,(H,19,20). The van der Waals surface area contributed by atoms with E-state index in [0.29, 0.717) is 39.2 Å².